The SMILES string of the molecule is C[C@H]1C[C@@H](C(=O)NCCc2cccc(C(=O)O)c2)CCO1. The minimum absolute atomic E-state index is 0.0269. The molecule has 114 valence electrons. The molecule has 0 aliphatic carbocycles. The molecule has 0 radical (unpaired) electrons. The predicted octanol–water partition coefficient (Wildman–Crippen LogP) is 1.86. The highest BCUT2D eigenvalue weighted by atomic mass is 16.5. The lowest BCUT2D eigenvalue weighted by molar-refractivity contribution is -0.129. The van der Waals surface area contributed by atoms with Crippen LogP contribution in [0.15, 0.2) is 24.3 Å². The van der Waals surface area contributed by atoms with Crippen molar-refractivity contribution in [2.75, 3.05) is 13.2 Å². The number of carbonyl (C=O) groups is 2. The number of ether oxygens (including phenoxy) is 1. The van der Waals surface area contributed by atoms with E-state index >= 15 is 0 Å². The quantitative estimate of drug-likeness (QED) is 0.868. The first-order valence-electron chi connectivity index (χ1n) is 7.28. The Labute approximate surface area is 124 Å². The van der Waals surface area contributed by atoms with E-state index in [2.05, 4.69) is 5.32 Å². The summed E-state index contributed by atoms with van der Waals surface area (Å²) in [5.74, 6) is -0.837. The number of amides is 1. The molecule has 1 amide bonds. The van der Waals surface area contributed by atoms with Crippen LogP contribution >= 0.6 is 0 Å². The highest BCUT2D eigenvalue weighted by Gasteiger charge is 2.25. The van der Waals surface area contributed by atoms with Gasteiger partial charge >= 0.3 is 5.97 Å². The number of benzene rings is 1. The van der Waals surface area contributed by atoms with E-state index in [1.54, 1.807) is 18.2 Å². The maximum Gasteiger partial charge on any atom is 0.335 e. The van der Waals surface area contributed by atoms with Crippen molar-refractivity contribution in [3.8, 4) is 0 Å². The number of hydrogen-bond acceptors (Lipinski definition) is 3. The van der Waals surface area contributed by atoms with Crippen molar-refractivity contribution in [2.45, 2.75) is 32.3 Å². The van der Waals surface area contributed by atoms with Crippen molar-refractivity contribution in [3.63, 3.8) is 0 Å². The summed E-state index contributed by atoms with van der Waals surface area (Å²) in [5.41, 5.74) is 1.19. The van der Waals surface area contributed by atoms with E-state index in [1.165, 1.54) is 0 Å². The van der Waals surface area contributed by atoms with Gasteiger partial charge in [-0.05, 0) is 43.9 Å². The van der Waals surface area contributed by atoms with Crippen LogP contribution in [0.4, 0.5) is 0 Å². The number of carbonyl (C=O) groups excluding carboxylic acids is 1. The standard InChI is InChI=1S/C16H21NO4/c1-11-9-13(6-8-21-11)15(18)17-7-5-12-3-2-4-14(10-12)16(19)20/h2-4,10-11,13H,5-9H2,1H3,(H,17,18)(H,19,20)/t11-,13-/m0/s1. The maximum absolute atomic E-state index is 12.0. The molecular formula is C16H21NO4. The molecule has 0 unspecified atom stereocenters. The smallest absolute Gasteiger partial charge is 0.335 e. The van der Waals surface area contributed by atoms with E-state index in [1.807, 2.05) is 13.0 Å². The van der Waals surface area contributed by atoms with E-state index in [4.69, 9.17) is 9.84 Å². The molecule has 2 atom stereocenters. The van der Waals surface area contributed by atoms with Crippen LogP contribution in [0.1, 0.15) is 35.7 Å². The molecule has 1 aliphatic rings. The van der Waals surface area contributed by atoms with Gasteiger partial charge in [-0.25, -0.2) is 4.79 Å². The zero-order valence-electron chi connectivity index (χ0n) is 12.2. The summed E-state index contributed by atoms with van der Waals surface area (Å²) in [6.45, 7) is 3.14. The van der Waals surface area contributed by atoms with Crippen LogP contribution in [-0.4, -0.2) is 36.2 Å². The highest BCUT2D eigenvalue weighted by molar-refractivity contribution is 5.87. The van der Waals surface area contributed by atoms with Crippen LogP contribution in [0.25, 0.3) is 0 Å². The van der Waals surface area contributed by atoms with Crippen LogP contribution in [0, 0.1) is 5.92 Å². The van der Waals surface area contributed by atoms with Gasteiger partial charge in [0.1, 0.15) is 0 Å². The van der Waals surface area contributed by atoms with Crippen molar-refractivity contribution < 1.29 is 19.4 Å². The molecule has 2 rings (SSSR count). The van der Waals surface area contributed by atoms with Crippen molar-refractivity contribution >= 4 is 11.9 Å². The zero-order valence-corrected chi connectivity index (χ0v) is 12.2. The lowest BCUT2D eigenvalue weighted by atomic mass is 9.95. The number of carboxylic acid groups (broad SMARTS) is 1. The number of rotatable bonds is 5. The van der Waals surface area contributed by atoms with Crippen LogP contribution in [0.2, 0.25) is 0 Å². The third-order valence-electron chi connectivity index (χ3n) is 3.74. The Bertz CT molecular complexity index is 515. The van der Waals surface area contributed by atoms with E-state index in [-0.39, 0.29) is 23.5 Å². The van der Waals surface area contributed by atoms with Crippen LogP contribution in [-0.2, 0) is 16.0 Å². The van der Waals surface area contributed by atoms with Gasteiger partial charge in [0.2, 0.25) is 5.91 Å². The molecule has 2 N–H and O–H groups in total. The van der Waals surface area contributed by atoms with Crippen LogP contribution in [0.3, 0.4) is 0 Å². The van der Waals surface area contributed by atoms with Gasteiger partial charge in [-0.3, -0.25) is 4.79 Å². The fourth-order valence-electron chi connectivity index (χ4n) is 2.57. The molecule has 0 bridgehead atoms. The second-order valence-electron chi connectivity index (χ2n) is 5.45. The summed E-state index contributed by atoms with van der Waals surface area (Å²) in [6, 6.07) is 6.80. The molecular weight excluding hydrogens is 270 g/mol. The van der Waals surface area contributed by atoms with Crippen LogP contribution in [0.5, 0.6) is 0 Å². The highest BCUT2D eigenvalue weighted by Crippen LogP contribution is 2.19. The summed E-state index contributed by atoms with van der Waals surface area (Å²) in [7, 11) is 0. The third kappa shape index (κ3) is 4.56. The summed E-state index contributed by atoms with van der Waals surface area (Å²) < 4.78 is 5.43. The van der Waals surface area contributed by atoms with Gasteiger partial charge in [0.15, 0.2) is 0 Å². The monoisotopic (exact) mass is 291 g/mol. The minimum atomic E-state index is -0.933. The molecule has 0 saturated carbocycles. The Morgan fingerprint density at radius 2 is 2.24 bits per heavy atom. The largest absolute Gasteiger partial charge is 0.478 e. The fraction of sp³-hybridized carbons (Fsp3) is 0.500. The van der Waals surface area contributed by atoms with E-state index < -0.39 is 5.97 Å². The topological polar surface area (TPSA) is 75.6 Å². The molecule has 1 heterocycles. The molecule has 0 spiro atoms. The Kier molecular flexibility index (Phi) is 5.33. The third-order valence-corrected chi connectivity index (χ3v) is 3.74. The second-order valence-corrected chi connectivity index (χ2v) is 5.45. The normalized spacial score (nSPS) is 21.8. The number of aromatic carboxylic acids is 1. The van der Waals surface area contributed by atoms with Crippen molar-refractivity contribution in [1.82, 2.24) is 5.32 Å². The van der Waals surface area contributed by atoms with E-state index in [9.17, 15) is 9.59 Å². The Hall–Kier alpha value is -1.88. The first-order chi connectivity index (χ1) is 10.1. The molecule has 1 aliphatic heterocycles. The van der Waals surface area contributed by atoms with Gasteiger partial charge in [0.05, 0.1) is 11.7 Å². The Morgan fingerprint density at radius 3 is 2.95 bits per heavy atom. The zero-order chi connectivity index (χ0) is 15.2. The Balaban J connectivity index is 1.79. The van der Waals surface area contributed by atoms with Gasteiger partial charge in [0.25, 0.3) is 0 Å². The van der Waals surface area contributed by atoms with Gasteiger partial charge in [-0.15, -0.1) is 0 Å². The molecule has 1 saturated heterocycles. The predicted molar refractivity (Wildman–Crippen MR) is 78.3 cm³/mol. The van der Waals surface area contributed by atoms with Gasteiger partial charge < -0.3 is 15.2 Å². The van der Waals surface area contributed by atoms with Crippen molar-refractivity contribution in [2.24, 2.45) is 5.92 Å². The van der Waals surface area contributed by atoms with Gasteiger partial charge in [-0.2, -0.15) is 0 Å². The lowest BCUT2D eigenvalue weighted by Gasteiger charge is -2.26. The molecule has 1 fully saturated rings. The van der Waals surface area contributed by atoms with Crippen LogP contribution < -0.4 is 5.32 Å². The summed E-state index contributed by atoms with van der Waals surface area (Å²) >= 11 is 0. The van der Waals surface area contributed by atoms with E-state index in [0.717, 1.165) is 18.4 Å². The second kappa shape index (κ2) is 7.22. The number of hydrogen-bond donors (Lipinski definition) is 2. The fourth-order valence-corrected chi connectivity index (χ4v) is 2.57. The lowest BCUT2D eigenvalue weighted by Crippen LogP contribution is -2.37. The molecule has 5 heteroatoms. The molecule has 1 aromatic rings. The Morgan fingerprint density at radius 1 is 1.43 bits per heavy atom. The number of nitrogens with one attached hydrogen (secondary N) is 1. The summed E-state index contributed by atoms with van der Waals surface area (Å²) in [5, 5.41) is 11.9. The molecule has 21 heavy (non-hydrogen) atoms. The first-order valence-corrected chi connectivity index (χ1v) is 7.28. The number of carboxylic acids is 1. The summed E-state index contributed by atoms with van der Waals surface area (Å²) in [4.78, 5) is 22.9. The minimum Gasteiger partial charge on any atom is -0.478 e. The molecule has 5 nitrogen and oxygen atoms in total. The van der Waals surface area contributed by atoms with Gasteiger partial charge in [-0.1, -0.05) is 12.1 Å². The average molecular weight is 291 g/mol. The van der Waals surface area contributed by atoms with E-state index in [0.29, 0.717) is 19.6 Å². The van der Waals surface area contributed by atoms with Gasteiger partial charge in [0, 0.05) is 19.1 Å². The maximum atomic E-state index is 12.0. The first kappa shape index (κ1) is 15.5. The molecule has 1 aromatic carbocycles. The summed E-state index contributed by atoms with van der Waals surface area (Å²) in [6.07, 6.45) is 2.30. The van der Waals surface area contributed by atoms with Crippen molar-refractivity contribution in [1.29, 1.82) is 0 Å². The molecule has 0 aromatic heterocycles. The average Bonchev–Trinajstić information content (AvgIpc) is 2.47. The van der Waals surface area contributed by atoms with Crippen molar-refractivity contribution in [3.05, 3.63) is 35.4 Å².